The van der Waals surface area contributed by atoms with Gasteiger partial charge in [-0.25, -0.2) is 13.2 Å². The molecular formula is C19H19NO5S. The number of sulfonamides is 1. The van der Waals surface area contributed by atoms with Gasteiger partial charge in [-0.2, -0.15) is 0 Å². The highest BCUT2D eigenvalue weighted by atomic mass is 32.2. The van der Waals surface area contributed by atoms with Crippen LogP contribution in [0.4, 0.5) is 5.69 Å². The van der Waals surface area contributed by atoms with Gasteiger partial charge in [-0.1, -0.05) is 30.3 Å². The molecule has 0 bridgehead atoms. The molecule has 26 heavy (non-hydrogen) atoms. The van der Waals surface area contributed by atoms with Gasteiger partial charge in [0.1, 0.15) is 5.58 Å². The van der Waals surface area contributed by atoms with Crippen LogP contribution in [0.5, 0.6) is 0 Å². The number of aryl methyl sites for hydroxylation is 1. The monoisotopic (exact) mass is 373 g/mol. The van der Waals surface area contributed by atoms with Crippen LogP contribution in [0.3, 0.4) is 0 Å². The van der Waals surface area contributed by atoms with E-state index in [0.29, 0.717) is 27.8 Å². The minimum atomic E-state index is -3.56. The van der Waals surface area contributed by atoms with E-state index in [9.17, 15) is 13.2 Å². The molecule has 0 saturated carbocycles. The molecule has 1 N–H and O–H groups in total. The number of nitrogens with one attached hydrogen (secondary N) is 1. The van der Waals surface area contributed by atoms with E-state index in [4.69, 9.17) is 9.15 Å². The van der Waals surface area contributed by atoms with Crippen molar-refractivity contribution in [2.45, 2.75) is 19.6 Å². The Labute approximate surface area is 151 Å². The van der Waals surface area contributed by atoms with Crippen LogP contribution in [0.1, 0.15) is 28.6 Å². The summed E-state index contributed by atoms with van der Waals surface area (Å²) >= 11 is 0. The van der Waals surface area contributed by atoms with E-state index in [1.807, 2.05) is 6.07 Å². The van der Waals surface area contributed by atoms with Gasteiger partial charge in [0, 0.05) is 16.6 Å². The van der Waals surface area contributed by atoms with Gasteiger partial charge in [-0.05, 0) is 37.6 Å². The Kier molecular flexibility index (Phi) is 4.99. The van der Waals surface area contributed by atoms with Crippen molar-refractivity contribution < 1.29 is 22.4 Å². The number of hydrogen-bond acceptors (Lipinski definition) is 5. The molecule has 0 unspecified atom stereocenters. The quantitative estimate of drug-likeness (QED) is 0.663. The summed E-state index contributed by atoms with van der Waals surface area (Å²) in [6.45, 7) is 3.70. The van der Waals surface area contributed by atoms with Gasteiger partial charge in [-0.3, -0.25) is 4.72 Å². The summed E-state index contributed by atoms with van der Waals surface area (Å²) < 4.78 is 37.8. The van der Waals surface area contributed by atoms with E-state index in [-0.39, 0.29) is 18.1 Å². The first-order valence-corrected chi connectivity index (χ1v) is 9.79. The maximum Gasteiger partial charge on any atom is 0.374 e. The zero-order chi connectivity index (χ0) is 18.7. The number of carbonyl (C=O) groups is 1. The zero-order valence-electron chi connectivity index (χ0n) is 14.5. The number of furan rings is 1. The summed E-state index contributed by atoms with van der Waals surface area (Å²) in [7, 11) is -3.56. The number of ether oxygens (including phenoxy) is 1. The van der Waals surface area contributed by atoms with Gasteiger partial charge in [0.15, 0.2) is 0 Å². The second-order valence-electron chi connectivity index (χ2n) is 5.83. The van der Waals surface area contributed by atoms with Crippen molar-refractivity contribution in [3.05, 3.63) is 65.4 Å². The molecule has 0 radical (unpaired) electrons. The highest BCUT2D eigenvalue weighted by Gasteiger charge is 2.19. The molecule has 6 nitrogen and oxygen atoms in total. The molecule has 7 heteroatoms. The first-order chi connectivity index (χ1) is 12.4. The molecule has 0 aliphatic carbocycles. The predicted molar refractivity (Wildman–Crippen MR) is 99.6 cm³/mol. The number of carbonyl (C=O) groups excluding carboxylic acids is 1. The fourth-order valence-electron chi connectivity index (χ4n) is 2.69. The number of rotatable bonds is 6. The number of hydrogen-bond donors (Lipinski definition) is 1. The van der Waals surface area contributed by atoms with Crippen molar-refractivity contribution in [1.29, 1.82) is 0 Å². The lowest BCUT2D eigenvalue weighted by Crippen LogP contribution is -2.14. The van der Waals surface area contributed by atoms with Crippen molar-refractivity contribution in [3.63, 3.8) is 0 Å². The molecule has 0 fully saturated rings. The Morgan fingerprint density at radius 2 is 1.88 bits per heavy atom. The summed E-state index contributed by atoms with van der Waals surface area (Å²) in [6, 6.07) is 13.8. The SMILES string of the molecule is CCOC(=O)c1oc2ccc(NS(=O)(=O)Cc3ccccc3)cc2c1C. The van der Waals surface area contributed by atoms with Crippen LogP contribution in [-0.2, 0) is 20.5 Å². The second kappa shape index (κ2) is 7.21. The van der Waals surface area contributed by atoms with E-state index in [0.717, 1.165) is 0 Å². The first kappa shape index (κ1) is 18.0. The van der Waals surface area contributed by atoms with Crippen LogP contribution in [0.25, 0.3) is 11.0 Å². The van der Waals surface area contributed by atoms with Gasteiger partial charge >= 0.3 is 5.97 Å². The largest absolute Gasteiger partial charge is 0.460 e. The van der Waals surface area contributed by atoms with Crippen LogP contribution >= 0.6 is 0 Å². The van der Waals surface area contributed by atoms with Gasteiger partial charge in [0.2, 0.25) is 15.8 Å². The molecule has 136 valence electrons. The molecule has 3 rings (SSSR count). The van der Waals surface area contributed by atoms with E-state index < -0.39 is 16.0 Å². The minimum Gasteiger partial charge on any atom is -0.460 e. The highest BCUT2D eigenvalue weighted by Crippen LogP contribution is 2.29. The Bertz CT molecular complexity index is 1040. The number of esters is 1. The van der Waals surface area contributed by atoms with Gasteiger partial charge in [-0.15, -0.1) is 0 Å². The smallest absolute Gasteiger partial charge is 0.374 e. The lowest BCUT2D eigenvalue weighted by Gasteiger charge is -2.08. The molecule has 0 aliphatic rings. The minimum absolute atomic E-state index is 0.121. The van der Waals surface area contributed by atoms with Crippen molar-refractivity contribution in [2.24, 2.45) is 0 Å². The van der Waals surface area contributed by atoms with Crippen molar-refractivity contribution in [3.8, 4) is 0 Å². The standard InChI is InChI=1S/C19H19NO5S/c1-3-24-19(21)18-13(2)16-11-15(9-10-17(16)25-18)20-26(22,23)12-14-7-5-4-6-8-14/h4-11,20H,3,12H2,1-2H3. The molecule has 0 spiro atoms. The van der Waals surface area contributed by atoms with Crippen LogP contribution in [0.15, 0.2) is 52.9 Å². The predicted octanol–water partition coefficient (Wildman–Crippen LogP) is 3.86. The van der Waals surface area contributed by atoms with Gasteiger partial charge in [0.05, 0.1) is 12.4 Å². The van der Waals surface area contributed by atoms with Gasteiger partial charge in [0.25, 0.3) is 0 Å². The molecule has 0 atom stereocenters. The molecule has 0 aliphatic heterocycles. The fraction of sp³-hybridized carbons (Fsp3) is 0.211. The average Bonchev–Trinajstić information content (AvgIpc) is 2.92. The van der Waals surface area contributed by atoms with Crippen molar-refractivity contribution in [2.75, 3.05) is 11.3 Å². The molecular weight excluding hydrogens is 354 g/mol. The number of fused-ring (bicyclic) bond motifs is 1. The third-order valence-electron chi connectivity index (χ3n) is 3.87. The Hall–Kier alpha value is -2.80. The summed E-state index contributed by atoms with van der Waals surface area (Å²) in [5.41, 5.74) is 2.22. The van der Waals surface area contributed by atoms with E-state index >= 15 is 0 Å². The Morgan fingerprint density at radius 1 is 1.15 bits per heavy atom. The molecule has 0 saturated heterocycles. The van der Waals surface area contributed by atoms with Crippen LogP contribution < -0.4 is 4.72 Å². The van der Waals surface area contributed by atoms with Crippen molar-refractivity contribution in [1.82, 2.24) is 0 Å². The zero-order valence-corrected chi connectivity index (χ0v) is 15.3. The van der Waals surface area contributed by atoms with E-state index in [1.165, 1.54) is 0 Å². The molecule has 1 heterocycles. The molecule has 1 aromatic heterocycles. The maximum absolute atomic E-state index is 12.4. The third-order valence-corrected chi connectivity index (χ3v) is 5.13. The summed E-state index contributed by atoms with van der Waals surface area (Å²) in [5.74, 6) is -0.525. The van der Waals surface area contributed by atoms with Crippen LogP contribution in [0, 0.1) is 6.92 Å². The van der Waals surface area contributed by atoms with Crippen molar-refractivity contribution >= 4 is 32.6 Å². The van der Waals surface area contributed by atoms with E-state index in [2.05, 4.69) is 4.72 Å². The third kappa shape index (κ3) is 3.88. The Morgan fingerprint density at radius 3 is 2.58 bits per heavy atom. The topological polar surface area (TPSA) is 85.6 Å². The maximum atomic E-state index is 12.4. The molecule has 2 aromatic carbocycles. The first-order valence-electron chi connectivity index (χ1n) is 8.14. The normalized spacial score (nSPS) is 11.5. The summed E-state index contributed by atoms with van der Waals surface area (Å²) in [5, 5.41) is 0.660. The average molecular weight is 373 g/mol. The molecule has 0 amide bonds. The van der Waals surface area contributed by atoms with Crippen LogP contribution in [0.2, 0.25) is 0 Å². The van der Waals surface area contributed by atoms with Gasteiger partial charge < -0.3 is 9.15 Å². The number of anilines is 1. The number of benzene rings is 2. The lowest BCUT2D eigenvalue weighted by atomic mass is 10.1. The van der Waals surface area contributed by atoms with E-state index in [1.54, 1.807) is 56.3 Å². The molecule has 3 aromatic rings. The summed E-state index contributed by atoms with van der Waals surface area (Å²) in [4.78, 5) is 11.9. The fourth-order valence-corrected chi connectivity index (χ4v) is 3.87. The second-order valence-corrected chi connectivity index (χ2v) is 7.56. The Balaban J connectivity index is 1.87. The van der Waals surface area contributed by atoms with Crippen LogP contribution in [-0.4, -0.2) is 21.0 Å². The highest BCUT2D eigenvalue weighted by molar-refractivity contribution is 7.91. The lowest BCUT2D eigenvalue weighted by molar-refractivity contribution is 0.0491. The summed E-state index contributed by atoms with van der Waals surface area (Å²) in [6.07, 6.45) is 0.